The molecule has 0 saturated carbocycles. The Labute approximate surface area is 111 Å². The van der Waals surface area contributed by atoms with Crippen LogP contribution in [0.4, 0.5) is 5.69 Å². The number of aromatic amines is 1. The first-order valence-corrected chi connectivity index (χ1v) is 6.14. The average Bonchev–Trinajstić information content (AvgIpc) is 3.08. The molecular formula is C14H15N5. The monoisotopic (exact) mass is 253 g/mol. The maximum atomic E-state index is 4.29. The highest BCUT2D eigenvalue weighted by Gasteiger charge is 2.05. The van der Waals surface area contributed by atoms with Crippen LogP contribution in [0, 0.1) is 6.92 Å². The van der Waals surface area contributed by atoms with Gasteiger partial charge < -0.3 is 14.9 Å². The van der Waals surface area contributed by atoms with Crippen LogP contribution in [0.1, 0.15) is 11.4 Å². The van der Waals surface area contributed by atoms with Gasteiger partial charge >= 0.3 is 0 Å². The molecule has 2 heterocycles. The third-order valence-electron chi connectivity index (χ3n) is 3.07. The molecule has 5 heteroatoms. The molecule has 0 atom stereocenters. The van der Waals surface area contributed by atoms with Crippen LogP contribution >= 0.6 is 0 Å². The molecule has 3 aromatic rings. The summed E-state index contributed by atoms with van der Waals surface area (Å²) in [6, 6.07) is 8.14. The van der Waals surface area contributed by atoms with Crippen LogP contribution in [0.5, 0.6) is 0 Å². The standard InChI is InChI=1S/C14H15N5/c1-11-13(18-9-17-11)8-16-12-4-2-3-5-14(12)19-7-6-15-10-19/h2-7,9-10,16H,8H2,1H3,(H,17,18). The highest BCUT2D eigenvalue weighted by Crippen LogP contribution is 2.20. The minimum absolute atomic E-state index is 0.695. The van der Waals surface area contributed by atoms with Crippen molar-refractivity contribution in [3.05, 3.63) is 60.7 Å². The Kier molecular flexibility index (Phi) is 3.02. The van der Waals surface area contributed by atoms with Crippen molar-refractivity contribution in [2.75, 3.05) is 5.32 Å². The lowest BCUT2D eigenvalue weighted by Crippen LogP contribution is -2.04. The predicted octanol–water partition coefficient (Wildman–Crippen LogP) is 2.52. The summed E-state index contributed by atoms with van der Waals surface area (Å²) in [5, 5.41) is 3.41. The van der Waals surface area contributed by atoms with Crippen molar-refractivity contribution in [2.24, 2.45) is 0 Å². The van der Waals surface area contributed by atoms with E-state index in [0.29, 0.717) is 6.54 Å². The topological polar surface area (TPSA) is 58.5 Å². The van der Waals surface area contributed by atoms with Crippen LogP contribution in [-0.4, -0.2) is 19.5 Å². The van der Waals surface area contributed by atoms with Gasteiger partial charge in [0.25, 0.3) is 0 Å². The fourth-order valence-corrected chi connectivity index (χ4v) is 1.99. The molecule has 19 heavy (non-hydrogen) atoms. The Balaban J connectivity index is 1.84. The Morgan fingerprint density at radius 3 is 2.95 bits per heavy atom. The Bertz CT molecular complexity index is 654. The van der Waals surface area contributed by atoms with Crippen LogP contribution < -0.4 is 5.32 Å². The molecule has 0 fully saturated rings. The maximum Gasteiger partial charge on any atom is 0.0992 e. The summed E-state index contributed by atoms with van der Waals surface area (Å²) >= 11 is 0. The number of aromatic nitrogens is 4. The summed E-state index contributed by atoms with van der Waals surface area (Å²) in [4.78, 5) is 11.4. The second-order valence-corrected chi connectivity index (χ2v) is 4.31. The van der Waals surface area contributed by atoms with E-state index < -0.39 is 0 Å². The zero-order chi connectivity index (χ0) is 13.1. The Hall–Kier alpha value is -2.56. The van der Waals surface area contributed by atoms with Gasteiger partial charge in [-0.3, -0.25) is 0 Å². The molecule has 0 saturated heterocycles. The summed E-state index contributed by atoms with van der Waals surface area (Å²) in [5.41, 5.74) is 4.25. The van der Waals surface area contributed by atoms with E-state index in [9.17, 15) is 0 Å². The summed E-state index contributed by atoms with van der Waals surface area (Å²) < 4.78 is 1.99. The van der Waals surface area contributed by atoms with E-state index in [1.807, 2.05) is 29.8 Å². The van der Waals surface area contributed by atoms with Crippen molar-refractivity contribution >= 4 is 5.69 Å². The van der Waals surface area contributed by atoms with Crippen LogP contribution in [0.3, 0.4) is 0 Å². The first-order chi connectivity index (χ1) is 9.34. The van der Waals surface area contributed by atoms with Crippen molar-refractivity contribution in [1.82, 2.24) is 19.5 Å². The van der Waals surface area contributed by atoms with Gasteiger partial charge in [0.1, 0.15) is 0 Å². The molecule has 0 aliphatic heterocycles. The number of para-hydroxylation sites is 2. The quantitative estimate of drug-likeness (QED) is 0.751. The van der Waals surface area contributed by atoms with E-state index in [4.69, 9.17) is 0 Å². The van der Waals surface area contributed by atoms with Crippen molar-refractivity contribution in [3.63, 3.8) is 0 Å². The minimum Gasteiger partial charge on any atom is -0.378 e. The number of nitrogens with one attached hydrogen (secondary N) is 2. The van der Waals surface area contributed by atoms with E-state index in [1.165, 1.54) is 0 Å². The van der Waals surface area contributed by atoms with Gasteiger partial charge in [-0.25, -0.2) is 9.97 Å². The number of H-pyrrole nitrogens is 1. The van der Waals surface area contributed by atoms with Gasteiger partial charge in [0.05, 0.1) is 36.3 Å². The largest absolute Gasteiger partial charge is 0.378 e. The van der Waals surface area contributed by atoms with Gasteiger partial charge in [-0.05, 0) is 19.1 Å². The molecule has 3 rings (SSSR count). The maximum absolute atomic E-state index is 4.29. The smallest absolute Gasteiger partial charge is 0.0992 e. The number of rotatable bonds is 4. The molecule has 0 unspecified atom stereocenters. The number of hydrogen-bond acceptors (Lipinski definition) is 3. The van der Waals surface area contributed by atoms with E-state index in [1.54, 1.807) is 18.9 Å². The molecule has 2 N–H and O–H groups in total. The lowest BCUT2D eigenvalue weighted by Gasteiger charge is -2.11. The lowest BCUT2D eigenvalue weighted by molar-refractivity contribution is 1.02. The number of imidazole rings is 2. The van der Waals surface area contributed by atoms with Crippen molar-refractivity contribution in [3.8, 4) is 5.69 Å². The zero-order valence-corrected chi connectivity index (χ0v) is 10.7. The van der Waals surface area contributed by atoms with Gasteiger partial charge in [0, 0.05) is 18.1 Å². The molecule has 96 valence electrons. The molecule has 1 aromatic carbocycles. The van der Waals surface area contributed by atoms with Crippen LogP contribution in [0.15, 0.2) is 49.3 Å². The predicted molar refractivity (Wildman–Crippen MR) is 74.2 cm³/mol. The molecule has 5 nitrogen and oxygen atoms in total. The van der Waals surface area contributed by atoms with E-state index in [-0.39, 0.29) is 0 Å². The fourth-order valence-electron chi connectivity index (χ4n) is 1.99. The number of hydrogen-bond donors (Lipinski definition) is 2. The molecule has 0 aliphatic rings. The van der Waals surface area contributed by atoms with Gasteiger partial charge in [-0.1, -0.05) is 12.1 Å². The third-order valence-corrected chi connectivity index (χ3v) is 3.07. The zero-order valence-electron chi connectivity index (χ0n) is 10.7. The Morgan fingerprint density at radius 1 is 1.32 bits per heavy atom. The summed E-state index contributed by atoms with van der Waals surface area (Å²) in [6.45, 7) is 2.72. The molecule has 0 spiro atoms. The normalized spacial score (nSPS) is 10.6. The highest BCUT2D eigenvalue weighted by molar-refractivity contribution is 5.61. The summed E-state index contributed by atoms with van der Waals surface area (Å²) in [7, 11) is 0. The molecule has 0 aliphatic carbocycles. The number of aryl methyl sites for hydroxylation is 1. The SMILES string of the molecule is Cc1[nH]cnc1CNc1ccccc1-n1ccnc1. The fraction of sp³-hybridized carbons (Fsp3) is 0.143. The number of benzene rings is 1. The molecule has 0 amide bonds. The number of anilines is 1. The van der Waals surface area contributed by atoms with Crippen LogP contribution in [0.25, 0.3) is 5.69 Å². The minimum atomic E-state index is 0.695. The van der Waals surface area contributed by atoms with Gasteiger partial charge in [-0.15, -0.1) is 0 Å². The van der Waals surface area contributed by atoms with Gasteiger partial charge in [-0.2, -0.15) is 0 Å². The molecule has 0 bridgehead atoms. The van der Waals surface area contributed by atoms with Gasteiger partial charge in [0.2, 0.25) is 0 Å². The lowest BCUT2D eigenvalue weighted by atomic mass is 10.2. The average molecular weight is 253 g/mol. The second kappa shape index (κ2) is 4.97. The first kappa shape index (κ1) is 11.5. The second-order valence-electron chi connectivity index (χ2n) is 4.31. The van der Waals surface area contributed by atoms with Gasteiger partial charge in [0.15, 0.2) is 0 Å². The highest BCUT2D eigenvalue weighted by atomic mass is 15.1. The van der Waals surface area contributed by atoms with Crippen molar-refractivity contribution in [1.29, 1.82) is 0 Å². The van der Waals surface area contributed by atoms with Crippen molar-refractivity contribution < 1.29 is 0 Å². The van der Waals surface area contributed by atoms with E-state index in [2.05, 4.69) is 32.4 Å². The third kappa shape index (κ3) is 2.35. The summed E-state index contributed by atoms with van der Waals surface area (Å²) in [5.74, 6) is 0. The van der Waals surface area contributed by atoms with Crippen molar-refractivity contribution in [2.45, 2.75) is 13.5 Å². The molecule has 0 radical (unpaired) electrons. The summed E-state index contributed by atoms with van der Waals surface area (Å²) in [6.07, 6.45) is 7.21. The number of nitrogens with zero attached hydrogens (tertiary/aromatic N) is 3. The molecular weight excluding hydrogens is 238 g/mol. The van der Waals surface area contributed by atoms with E-state index >= 15 is 0 Å². The molecule has 2 aromatic heterocycles. The van der Waals surface area contributed by atoms with Crippen LogP contribution in [0.2, 0.25) is 0 Å². The first-order valence-electron chi connectivity index (χ1n) is 6.14. The Morgan fingerprint density at radius 2 is 2.21 bits per heavy atom. The van der Waals surface area contributed by atoms with E-state index in [0.717, 1.165) is 22.8 Å². The van der Waals surface area contributed by atoms with Crippen LogP contribution in [-0.2, 0) is 6.54 Å².